The lowest BCUT2D eigenvalue weighted by Gasteiger charge is -2.23. The summed E-state index contributed by atoms with van der Waals surface area (Å²) in [6.45, 7) is 4.74. The van der Waals surface area contributed by atoms with Crippen LogP contribution in [0.25, 0.3) is 0 Å². The van der Waals surface area contributed by atoms with Crippen molar-refractivity contribution in [3.05, 3.63) is 23.1 Å². The van der Waals surface area contributed by atoms with Crippen molar-refractivity contribution >= 4 is 0 Å². The van der Waals surface area contributed by atoms with Gasteiger partial charge in [0, 0.05) is 12.0 Å². The highest BCUT2D eigenvalue weighted by Crippen LogP contribution is 2.30. The maximum Gasteiger partial charge on any atom is 0.217 e. The van der Waals surface area contributed by atoms with Gasteiger partial charge in [-0.1, -0.05) is 0 Å². The van der Waals surface area contributed by atoms with E-state index in [1.807, 2.05) is 6.92 Å². The number of hydrogen-bond donors (Lipinski definition) is 0. The summed E-state index contributed by atoms with van der Waals surface area (Å²) in [7, 11) is 0. The van der Waals surface area contributed by atoms with Crippen LogP contribution in [0.2, 0.25) is 0 Å². The zero-order valence-corrected chi connectivity index (χ0v) is 10.1. The molecule has 3 heterocycles. The minimum Gasteiger partial charge on any atom is -0.477 e. The van der Waals surface area contributed by atoms with Crippen molar-refractivity contribution in [1.29, 1.82) is 0 Å². The first-order valence-corrected chi connectivity index (χ1v) is 6.32. The Morgan fingerprint density at radius 2 is 2.18 bits per heavy atom. The molecule has 1 fully saturated rings. The molecule has 0 spiro atoms. The van der Waals surface area contributed by atoms with Crippen molar-refractivity contribution in [1.82, 2.24) is 9.88 Å². The normalized spacial score (nSPS) is 21.3. The van der Waals surface area contributed by atoms with E-state index in [0.717, 1.165) is 25.1 Å². The predicted octanol–water partition coefficient (Wildman–Crippen LogP) is 2.31. The van der Waals surface area contributed by atoms with Gasteiger partial charge in [0.15, 0.2) is 0 Å². The molecule has 0 aliphatic carbocycles. The van der Waals surface area contributed by atoms with Crippen LogP contribution in [-0.2, 0) is 6.42 Å². The van der Waals surface area contributed by atoms with Crippen molar-refractivity contribution in [3.63, 3.8) is 0 Å². The number of ether oxygens (including phenoxy) is 1. The van der Waals surface area contributed by atoms with Gasteiger partial charge in [-0.25, -0.2) is 9.37 Å². The first kappa shape index (κ1) is 11.0. The zero-order valence-electron chi connectivity index (χ0n) is 10.1. The Balaban J connectivity index is 1.91. The van der Waals surface area contributed by atoms with Crippen LogP contribution in [0.5, 0.6) is 5.88 Å². The zero-order chi connectivity index (χ0) is 11.8. The molecule has 1 unspecified atom stereocenters. The van der Waals surface area contributed by atoms with Crippen molar-refractivity contribution in [2.24, 2.45) is 0 Å². The Morgan fingerprint density at radius 1 is 1.41 bits per heavy atom. The fourth-order valence-corrected chi connectivity index (χ4v) is 2.68. The number of rotatable bonds is 2. The molecule has 1 atom stereocenters. The Kier molecular flexibility index (Phi) is 2.74. The van der Waals surface area contributed by atoms with E-state index < -0.39 is 0 Å². The molecular formula is C13H17FN2O. The van der Waals surface area contributed by atoms with Crippen molar-refractivity contribution < 1.29 is 9.13 Å². The third kappa shape index (κ3) is 1.90. The van der Waals surface area contributed by atoms with Crippen LogP contribution in [0.1, 0.15) is 37.1 Å². The number of hydrogen-bond acceptors (Lipinski definition) is 3. The molecule has 1 aromatic heterocycles. The van der Waals surface area contributed by atoms with E-state index >= 15 is 0 Å². The van der Waals surface area contributed by atoms with E-state index in [1.165, 1.54) is 12.8 Å². The molecule has 3 rings (SSSR count). The van der Waals surface area contributed by atoms with Crippen LogP contribution in [0.4, 0.5) is 4.39 Å². The summed E-state index contributed by atoms with van der Waals surface area (Å²) < 4.78 is 19.4. The van der Waals surface area contributed by atoms with Gasteiger partial charge in [-0.2, -0.15) is 0 Å². The highest BCUT2D eigenvalue weighted by atomic mass is 19.1. The Bertz CT molecular complexity index is 430. The summed E-state index contributed by atoms with van der Waals surface area (Å²) >= 11 is 0. The number of likely N-dealkylation sites (tertiary alicyclic amines) is 1. The summed E-state index contributed by atoms with van der Waals surface area (Å²) in [4.78, 5) is 6.64. The second-order valence-electron chi connectivity index (χ2n) is 4.84. The average Bonchev–Trinajstić information content (AvgIpc) is 2.97. The minimum absolute atomic E-state index is 0.0481. The average molecular weight is 236 g/mol. The Morgan fingerprint density at radius 3 is 2.94 bits per heavy atom. The van der Waals surface area contributed by atoms with Gasteiger partial charge in [0.05, 0.1) is 18.3 Å². The van der Waals surface area contributed by atoms with E-state index in [-0.39, 0.29) is 11.9 Å². The lowest BCUT2D eigenvalue weighted by atomic mass is 10.1. The SMILES string of the molecule is CC(c1nc2c(cc1F)CCO2)N1CCCC1. The van der Waals surface area contributed by atoms with Gasteiger partial charge in [-0.05, 0) is 38.9 Å². The molecular weight excluding hydrogens is 219 g/mol. The monoisotopic (exact) mass is 236 g/mol. The summed E-state index contributed by atoms with van der Waals surface area (Å²) in [5.41, 5.74) is 1.44. The van der Waals surface area contributed by atoms with Gasteiger partial charge in [0.1, 0.15) is 5.82 Å². The molecule has 92 valence electrons. The van der Waals surface area contributed by atoms with Crippen molar-refractivity contribution in [2.75, 3.05) is 19.7 Å². The lowest BCUT2D eigenvalue weighted by Crippen LogP contribution is -2.25. The maximum absolute atomic E-state index is 14.0. The van der Waals surface area contributed by atoms with E-state index in [9.17, 15) is 4.39 Å². The number of halogens is 1. The van der Waals surface area contributed by atoms with Crippen LogP contribution in [0, 0.1) is 5.82 Å². The molecule has 2 aliphatic heterocycles. The van der Waals surface area contributed by atoms with Gasteiger partial charge < -0.3 is 4.74 Å². The number of pyridine rings is 1. The largest absolute Gasteiger partial charge is 0.477 e. The fourth-order valence-electron chi connectivity index (χ4n) is 2.68. The van der Waals surface area contributed by atoms with Gasteiger partial charge in [0.25, 0.3) is 0 Å². The molecule has 0 radical (unpaired) electrons. The summed E-state index contributed by atoms with van der Waals surface area (Å²) in [5.74, 6) is 0.445. The van der Waals surface area contributed by atoms with Crippen LogP contribution in [0.15, 0.2) is 6.07 Å². The molecule has 1 saturated heterocycles. The molecule has 0 amide bonds. The number of nitrogens with zero attached hydrogens (tertiary/aromatic N) is 2. The molecule has 0 saturated carbocycles. The first-order valence-electron chi connectivity index (χ1n) is 6.32. The Labute approximate surface area is 101 Å². The third-order valence-corrected chi connectivity index (χ3v) is 3.74. The van der Waals surface area contributed by atoms with E-state index in [2.05, 4.69) is 9.88 Å². The van der Waals surface area contributed by atoms with Gasteiger partial charge >= 0.3 is 0 Å². The van der Waals surface area contributed by atoms with Gasteiger partial charge in [-0.3, -0.25) is 4.90 Å². The molecule has 3 nitrogen and oxygen atoms in total. The highest BCUT2D eigenvalue weighted by molar-refractivity contribution is 5.33. The molecule has 0 aromatic carbocycles. The standard InChI is InChI=1S/C13H17FN2O/c1-9(16-5-2-3-6-16)12-11(14)8-10-4-7-17-13(10)15-12/h8-9H,2-7H2,1H3. The van der Waals surface area contributed by atoms with Gasteiger partial charge in [0.2, 0.25) is 5.88 Å². The minimum atomic E-state index is -0.186. The van der Waals surface area contributed by atoms with Crippen molar-refractivity contribution in [2.45, 2.75) is 32.2 Å². The third-order valence-electron chi connectivity index (χ3n) is 3.74. The molecule has 2 aliphatic rings. The lowest BCUT2D eigenvalue weighted by molar-refractivity contribution is 0.249. The predicted molar refractivity (Wildman–Crippen MR) is 62.6 cm³/mol. The molecule has 0 N–H and O–H groups in total. The summed E-state index contributed by atoms with van der Waals surface area (Å²) in [5, 5.41) is 0. The van der Waals surface area contributed by atoms with E-state index in [4.69, 9.17) is 4.74 Å². The van der Waals surface area contributed by atoms with E-state index in [1.54, 1.807) is 6.07 Å². The summed E-state index contributed by atoms with van der Waals surface area (Å²) in [6.07, 6.45) is 3.18. The Hall–Kier alpha value is -1.16. The molecule has 4 heteroatoms. The molecule has 1 aromatic rings. The fraction of sp³-hybridized carbons (Fsp3) is 0.615. The van der Waals surface area contributed by atoms with Crippen LogP contribution < -0.4 is 4.74 Å². The topological polar surface area (TPSA) is 25.4 Å². The van der Waals surface area contributed by atoms with Crippen LogP contribution >= 0.6 is 0 Å². The molecule has 17 heavy (non-hydrogen) atoms. The van der Waals surface area contributed by atoms with Crippen LogP contribution in [0.3, 0.4) is 0 Å². The van der Waals surface area contributed by atoms with Crippen LogP contribution in [-0.4, -0.2) is 29.6 Å². The summed E-state index contributed by atoms with van der Waals surface area (Å²) in [6, 6.07) is 1.64. The first-order chi connectivity index (χ1) is 8.25. The highest BCUT2D eigenvalue weighted by Gasteiger charge is 2.26. The number of fused-ring (bicyclic) bond motifs is 1. The van der Waals surface area contributed by atoms with Gasteiger partial charge in [-0.15, -0.1) is 0 Å². The smallest absolute Gasteiger partial charge is 0.217 e. The quantitative estimate of drug-likeness (QED) is 0.788. The second kappa shape index (κ2) is 4.26. The second-order valence-corrected chi connectivity index (χ2v) is 4.84. The maximum atomic E-state index is 14.0. The molecule has 0 bridgehead atoms. The van der Waals surface area contributed by atoms with E-state index in [0.29, 0.717) is 18.2 Å². The van der Waals surface area contributed by atoms with Crippen molar-refractivity contribution in [3.8, 4) is 5.88 Å². The number of aromatic nitrogens is 1.